The lowest BCUT2D eigenvalue weighted by molar-refractivity contribution is 0.355. The number of rotatable bonds is 6. The molecule has 6 nitrogen and oxygen atoms in total. The van der Waals surface area contributed by atoms with Crippen LogP contribution >= 0.6 is 0 Å². The molecule has 0 radical (unpaired) electrons. The number of allylic oxidation sites excluding steroid dienone is 1. The first-order chi connectivity index (χ1) is 13.7. The average Bonchev–Trinajstić information content (AvgIpc) is 3.21. The van der Waals surface area contributed by atoms with E-state index in [0.29, 0.717) is 34.6 Å². The van der Waals surface area contributed by atoms with E-state index in [2.05, 4.69) is 28.2 Å². The highest BCUT2D eigenvalue weighted by atomic mass is 16.5. The minimum Gasteiger partial charge on any atom is -0.493 e. The number of nitrogens with one attached hydrogen (secondary N) is 1. The highest BCUT2D eigenvalue weighted by Crippen LogP contribution is 2.30. The predicted molar refractivity (Wildman–Crippen MR) is 110 cm³/mol. The molecule has 0 atom stereocenters. The second-order valence-electron chi connectivity index (χ2n) is 6.57. The van der Waals surface area contributed by atoms with Crippen LogP contribution in [-0.2, 0) is 6.42 Å². The zero-order valence-corrected chi connectivity index (χ0v) is 15.9. The molecule has 0 unspecified atom stereocenters. The fourth-order valence-electron chi connectivity index (χ4n) is 3.32. The van der Waals surface area contributed by atoms with Gasteiger partial charge in [-0.25, -0.2) is 4.98 Å². The van der Waals surface area contributed by atoms with E-state index < -0.39 is 0 Å². The van der Waals surface area contributed by atoms with Gasteiger partial charge in [-0.1, -0.05) is 36.4 Å². The molecule has 6 heteroatoms. The van der Waals surface area contributed by atoms with Gasteiger partial charge in [0.25, 0.3) is 5.56 Å². The molecular formula is C22H21N3O3. The Morgan fingerprint density at radius 1 is 1.04 bits per heavy atom. The molecule has 0 saturated carbocycles. The Balaban J connectivity index is 1.54. The van der Waals surface area contributed by atoms with Gasteiger partial charge in [0.05, 0.1) is 30.8 Å². The highest BCUT2D eigenvalue weighted by molar-refractivity contribution is 5.95. The van der Waals surface area contributed by atoms with Crippen molar-refractivity contribution in [1.29, 1.82) is 0 Å². The summed E-state index contributed by atoms with van der Waals surface area (Å²) in [5, 5.41) is 0.479. The number of nitrogens with zero attached hydrogens (tertiary/aromatic N) is 2. The molecule has 2 aromatic carbocycles. The summed E-state index contributed by atoms with van der Waals surface area (Å²) in [7, 11) is 3.10. The van der Waals surface area contributed by atoms with Crippen LogP contribution in [0.2, 0.25) is 0 Å². The Kier molecular flexibility index (Phi) is 4.93. The SMILES string of the molecule is COc1cc2nc(CCC3=NC(c4ccccc4)=CC3)[nH]c(=O)c2cc1OC. The number of methoxy groups -OCH3 is 2. The second kappa shape index (κ2) is 7.68. The normalized spacial score (nSPS) is 13.4. The minimum absolute atomic E-state index is 0.183. The van der Waals surface area contributed by atoms with Gasteiger partial charge in [-0.3, -0.25) is 9.79 Å². The van der Waals surface area contributed by atoms with Gasteiger partial charge in [-0.2, -0.15) is 0 Å². The Bertz CT molecular complexity index is 1130. The van der Waals surface area contributed by atoms with Crippen LogP contribution in [0, 0.1) is 0 Å². The number of ether oxygens (including phenoxy) is 2. The Labute approximate surface area is 162 Å². The zero-order valence-electron chi connectivity index (χ0n) is 15.9. The minimum atomic E-state index is -0.183. The third-order valence-electron chi connectivity index (χ3n) is 4.79. The number of aromatic amines is 1. The van der Waals surface area contributed by atoms with Gasteiger partial charge >= 0.3 is 0 Å². The largest absolute Gasteiger partial charge is 0.493 e. The smallest absolute Gasteiger partial charge is 0.258 e. The molecule has 28 heavy (non-hydrogen) atoms. The number of H-pyrrole nitrogens is 1. The van der Waals surface area contributed by atoms with Crippen molar-refractivity contribution in [2.24, 2.45) is 4.99 Å². The predicted octanol–water partition coefficient (Wildman–Crippen LogP) is 3.76. The van der Waals surface area contributed by atoms with Crippen LogP contribution < -0.4 is 15.0 Å². The molecule has 142 valence electrons. The first kappa shape index (κ1) is 18.0. The van der Waals surface area contributed by atoms with Gasteiger partial charge in [0.15, 0.2) is 11.5 Å². The lowest BCUT2D eigenvalue weighted by Crippen LogP contribution is -2.13. The number of aliphatic imine (C=N–C) groups is 1. The maximum atomic E-state index is 12.5. The van der Waals surface area contributed by atoms with Crippen molar-refractivity contribution in [2.75, 3.05) is 14.2 Å². The van der Waals surface area contributed by atoms with Crippen molar-refractivity contribution >= 4 is 22.3 Å². The van der Waals surface area contributed by atoms with Crippen LogP contribution in [0.15, 0.2) is 58.3 Å². The van der Waals surface area contributed by atoms with E-state index in [1.807, 2.05) is 18.2 Å². The standard InChI is InChI=1S/C22H21N3O3/c1-27-19-12-16-18(13-20(19)28-2)24-21(25-22(16)26)11-9-15-8-10-17(23-15)14-6-4-3-5-7-14/h3-7,10,12-13H,8-9,11H2,1-2H3,(H,24,25,26). The van der Waals surface area contributed by atoms with E-state index in [4.69, 9.17) is 14.5 Å². The van der Waals surface area contributed by atoms with Crippen LogP contribution in [0.3, 0.4) is 0 Å². The molecule has 2 heterocycles. The first-order valence-corrected chi connectivity index (χ1v) is 9.15. The molecule has 3 aromatic rings. The maximum absolute atomic E-state index is 12.5. The monoisotopic (exact) mass is 375 g/mol. The van der Waals surface area contributed by atoms with E-state index >= 15 is 0 Å². The molecule has 0 amide bonds. The summed E-state index contributed by atoms with van der Waals surface area (Å²) in [5.41, 5.74) is 3.63. The molecule has 1 aliphatic heterocycles. The van der Waals surface area contributed by atoms with Crippen LogP contribution in [-0.4, -0.2) is 29.9 Å². The summed E-state index contributed by atoms with van der Waals surface area (Å²) >= 11 is 0. The molecule has 4 rings (SSSR count). The van der Waals surface area contributed by atoms with E-state index in [1.54, 1.807) is 26.4 Å². The molecule has 0 aliphatic carbocycles. The molecule has 1 aliphatic rings. The summed E-state index contributed by atoms with van der Waals surface area (Å²) in [6, 6.07) is 13.5. The number of hydrogen-bond donors (Lipinski definition) is 1. The van der Waals surface area contributed by atoms with Gasteiger partial charge in [0, 0.05) is 24.6 Å². The van der Waals surface area contributed by atoms with Gasteiger partial charge in [0.1, 0.15) is 5.82 Å². The lowest BCUT2D eigenvalue weighted by Gasteiger charge is -2.09. The van der Waals surface area contributed by atoms with Crippen LogP contribution in [0.4, 0.5) is 0 Å². The molecule has 1 N–H and O–H groups in total. The van der Waals surface area contributed by atoms with Crippen LogP contribution in [0.5, 0.6) is 11.5 Å². The number of fused-ring (bicyclic) bond motifs is 1. The van der Waals surface area contributed by atoms with Crippen LogP contribution in [0.1, 0.15) is 24.2 Å². The average molecular weight is 375 g/mol. The Morgan fingerprint density at radius 3 is 2.54 bits per heavy atom. The van der Waals surface area contributed by atoms with Crippen molar-refractivity contribution in [3.63, 3.8) is 0 Å². The van der Waals surface area contributed by atoms with E-state index in [1.165, 1.54) is 0 Å². The van der Waals surface area contributed by atoms with Crippen molar-refractivity contribution < 1.29 is 9.47 Å². The van der Waals surface area contributed by atoms with Gasteiger partial charge < -0.3 is 14.5 Å². The second-order valence-corrected chi connectivity index (χ2v) is 6.57. The third kappa shape index (κ3) is 3.53. The van der Waals surface area contributed by atoms with Gasteiger partial charge in [-0.05, 0) is 18.1 Å². The molecule has 0 fully saturated rings. The fraction of sp³-hybridized carbons (Fsp3) is 0.227. The summed E-state index contributed by atoms with van der Waals surface area (Å²) < 4.78 is 10.6. The van der Waals surface area contributed by atoms with E-state index in [9.17, 15) is 4.79 Å². The summed E-state index contributed by atoms with van der Waals surface area (Å²) in [5.74, 6) is 1.70. The van der Waals surface area contributed by atoms with Crippen molar-refractivity contribution in [3.8, 4) is 11.5 Å². The van der Waals surface area contributed by atoms with Crippen LogP contribution in [0.25, 0.3) is 16.6 Å². The Hall–Kier alpha value is -3.41. The van der Waals surface area contributed by atoms with Crippen molar-refractivity contribution in [1.82, 2.24) is 9.97 Å². The molecule has 1 aromatic heterocycles. The fourth-order valence-corrected chi connectivity index (χ4v) is 3.32. The van der Waals surface area contributed by atoms with E-state index in [-0.39, 0.29) is 5.56 Å². The van der Waals surface area contributed by atoms with Crippen molar-refractivity contribution in [2.45, 2.75) is 19.3 Å². The molecule has 0 bridgehead atoms. The number of aryl methyl sites for hydroxylation is 1. The quantitative estimate of drug-likeness (QED) is 0.712. The summed E-state index contributed by atoms with van der Waals surface area (Å²) in [6.07, 6.45) is 4.33. The van der Waals surface area contributed by atoms with Crippen molar-refractivity contribution in [3.05, 3.63) is 70.3 Å². The molecular weight excluding hydrogens is 354 g/mol. The topological polar surface area (TPSA) is 76.6 Å². The highest BCUT2D eigenvalue weighted by Gasteiger charge is 2.13. The lowest BCUT2D eigenvalue weighted by atomic mass is 10.1. The number of aromatic nitrogens is 2. The number of benzene rings is 2. The summed E-state index contributed by atoms with van der Waals surface area (Å²) in [4.78, 5) is 24.7. The summed E-state index contributed by atoms with van der Waals surface area (Å²) in [6.45, 7) is 0. The first-order valence-electron chi connectivity index (χ1n) is 9.15. The van der Waals surface area contributed by atoms with Gasteiger partial charge in [-0.15, -0.1) is 0 Å². The van der Waals surface area contributed by atoms with Gasteiger partial charge in [0.2, 0.25) is 0 Å². The zero-order chi connectivity index (χ0) is 19.5. The number of hydrogen-bond acceptors (Lipinski definition) is 5. The maximum Gasteiger partial charge on any atom is 0.258 e. The van der Waals surface area contributed by atoms with E-state index in [0.717, 1.165) is 29.8 Å². The third-order valence-corrected chi connectivity index (χ3v) is 4.79. The molecule has 0 saturated heterocycles. The molecule has 0 spiro atoms. The Morgan fingerprint density at radius 2 is 1.79 bits per heavy atom.